The lowest BCUT2D eigenvalue weighted by Crippen LogP contribution is -2.38. The lowest BCUT2D eigenvalue weighted by Gasteiger charge is -2.41. The van der Waals surface area contributed by atoms with Crippen LogP contribution in [0.4, 0.5) is 23.2 Å². The van der Waals surface area contributed by atoms with Crippen molar-refractivity contribution in [1.82, 2.24) is 5.32 Å². The van der Waals surface area contributed by atoms with Gasteiger partial charge < -0.3 is 10.1 Å². The molecule has 3 atom stereocenters. The van der Waals surface area contributed by atoms with Gasteiger partial charge in [0.05, 0.1) is 18.7 Å². The molecular formula is C27H34F4N2O. The number of methoxy groups -OCH3 is 1. The van der Waals surface area contributed by atoms with Gasteiger partial charge >= 0.3 is 6.18 Å². The molecule has 0 spiro atoms. The molecule has 0 bridgehead atoms. The summed E-state index contributed by atoms with van der Waals surface area (Å²) in [6.07, 6.45) is -0.253. The van der Waals surface area contributed by atoms with Crippen molar-refractivity contribution in [3.8, 4) is 5.75 Å². The van der Waals surface area contributed by atoms with Crippen molar-refractivity contribution in [2.45, 2.75) is 63.5 Å². The van der Waals surface area contributed by atoms with Gasteiger partial charge in [-0.1, -0.05) is 31.5 Å². The molecule has 7 heteroatoms. The van der Waals surface area contributed by atoms with Crippen LogP contribution in [0.3, 0.4) is 0 Å². The van der Waals surface area contributed by atoms with Crippen molar-refractivity contribution >= 4 is 11.9 Å². The van der Waals surface area contributed by atoms with Gasteiger partial charge in [-0.3, -0.25) is 4.99 Å². The maximum absolute atomic E-state index is 14.3. The number of hydrogen-bond acceptors (Lipinski definition) is 3. The van der Waals surface area contributed by atoms with E-state index in [0.29, 0.717) is 30.0 Å². The minimum absolute atomic E-state index is 0.0365. The summed E-state index contributed by atoms with van der Waals surface area (Å²) < 4.78 is 62.4. The molecule has 1 aliphatic rings. The van der Waals surface area contributed by atoms with Gasteiger partial charge in [-0.25, -0.2) is 4.39 Å². The first kappa shape index (κ1) is 26.2. The van der Waals surface area contributed by atoms with E-state index in [1.165, 1.54) is 25.3 Å². The van der Waals surface area contributed by atoms with Crippen LogP contribution in [0.15, 0.2) is 47.5 Å². The van der Waals surface area contributed by atoms with Gasteiger partial charge in [0.1, 0.15) is 11.6 Å². The van der Waals surface area contributed by atoms with Gasteiger partial charge in [-0.05, 0) is 75.5 Å². The molecule has 2 aromatic carbocycles. The fraction of sp³-hybridized carbons (Fsp3) is 0.519. The van der Waals surface area contributed by atoms with E-state index in [1.54, 1.807) is 6.21 Å². The quantitative estimate of drug-likeness (QED) is 0.271. The second-order valence-electron chi connectivity index (χ2n) is 9.22. The molecule has 2 aromatic rings. The van der Waals surface area contributed by atoms with Gasteiger partial charge in [0.2, 0.25) is 0 Å². The number of alkyl halides is 3. The number of nitrogens with one attached hydrogen (secondary N) is 1. The maximum Gasteiger partial charge on any atom is 0.391 e. The molecule has 1 aliphatic heterocycles. The van der Waals surface area contributed by atoms with Gasteiger partial charge in [-0.2, -0.15) is 13.2 Å². The van der Waals surface area contributed by atoms with Crippen LogP contribution in [0.2, 0.25) is 0 Å². The lowest BCUT2D eigenvalue weighted by molar-refractivity contribution is -0.180. The molecule has 3 unspecified atom stereocenters. The van der Waals surface area contributed by atoms with Crippen LogP contribution < -0.4 is 10.1 Å². The number of fused-ring (bicyclic) bond motifs is 1. The van der Waals surface area contributed by atoms with Crippen LogP contribution in [0, 0.1) is 11.7 Å². The minimum atomic E-state index is -4.33. The van der Waals surface area contributed by atoms with Crippen molar-refractivity contribution in [2.24, 2.45) is 10.9 Å². The molecule has 0 fully saturated rings. The Balaban J connectivity index is 1.95. The summed E-state index contributed by atoms with van der Waals surface area (Å²) in [5, 5.41) is 3.23. The van der Waals surface area contributed by atoms with Crippen LogP contribution in [0.25, 0.3) is 0 Å². The molecule has 0 saturated heterocycles. The molecule has 1 heterocycles. The number of unbranched alkanes of at least 4 members (excludes halogenated alkanes) is 1. The molecular weight excluding hydrogens is 444 g/mol. The Labute approximate surface area is 199 Å². The zero-order chi connectivity index (χ0) is 24.8. The number of rotatable bonds is 11. The SMILES string of the molecule is CCCCNCCCC(CC1c2ccccc2N=CC1(C)c1cc(F)ccc1OC)C(F)(F)F. The van der Waals surface area contributed by atoms with Gasteiger partial charge in [0, 0.05) is 23.1 Å². The monoisotopic (exact) mass is 478 g/mol. The predicted molar refractivity (Wildman–Crippen MR) is 129 cm³/mol. The standard InChI is InChI=1S/C27H34F4N2O/c1-4-5-14-32-15-8-9-19(27(29,30)31)16-22-21-10-6-7-11-24(21)33-18-26(22,2)23-17-20(28)12-13-25(23)34-3/h6-7,10-13,17-19,22,32H,4-5,8-9,14-16H2,1-3H3. The summed E-state index contributed by atoms with van der Waals surface area (Å²) in [7, 11) is 1.48. The van der Waals surface area contributed by atoms with E-state index in [0.717, 1.165) is 24.9 Å². The number of nitrogens with zero attached hydrogens (tertiary/aromatic N) is 1. The third-order valence-corrected chi connectivity index (χ3v) is 6.85. The number of aliphatic imine (C=N–C) groups is 1. The van der Waals surface area contributed by atoms with E-state index >= 15 is 0 Å². The van der Waals surface area contributed by atoms with Crippen LogP contribution in [0.5, 0.6) is 5.75 Å². The molecule has 34 heavy (non-hydrogen) atoms. The Morgan fingerprint density at radius 3 is 2.56 bits per heavy atom. The topological polar surface area (TPSA) is 33.6 Å². The molecule has 3 rings (SSSR count). The van der Waals surface area contributed by atoms with Crippen molar-refractivity contribution in [1.29, 1.82) is 0 Å². The summed E-state index contributed by atoms with van der Waals surface area (Å²) in [4.78, 5) is 4.56. The Hall–Kier alpha value is -2.41. The predicted octanol–water partition coefficient (Wildman–Crippen LogP) is 7.33. The summed E-state index contributed by atoms with van der Waals surface area (Å²) >= 11 is 0. The van der Waals surface area contributed by atoms with E-state index in [1.807, 2.05) is 31.2 Å². The second kappa shape index (κ2) is 11.3. The van der Waals surface area contributed by atoms with Crippen molar-refractivity contribution < 1.29 is 22.3 Å². The fourth-order valence-electron chi connectivity index (χ4n) is 4.85. The average molecular weight is 479 g/mol. The van der Waals surface area contributed by atoms with Crippen LogP contribution in [-0.2, 0) is 5.41 Å². The second-order valence-corrected chi connectivity index (χ2v) is 9.22. The first-order valence-electron chi connectivity index (χ1n) is 12.0. The number of halogens is 4. The Bertz CT molecular complexity index is 975. The highest BCUT2D eigenvalue weighted by Crippen LogP contribution is 2.52. The molecule has 1 N–H and O–H groups in total. The van der Waals surface area contributed by atoms with Crippen molar-refractivity contribution in [3.63, 3.8) is 0 Å². The van der Waals surface area contributed by atoms with Gasteiger partial charge in [0.15, 0.2) is 0 Å². The minimum Gasteiger partial charge on any atom is -0.496 e. The zero-order valence-corrected chi connectivity index (χ0v) is 20.1. The first-order valence-corrected chi connectivity index (χ1v) is 12.0. The first-order chi connectivity index (χ1) is 16.2. The summed E-state index contributed by atoms with van der Waals surface area (Å²) in [6.45, 7) is 5.28. The average Bonchev–Trinajstić information content (AvgIpc) is 2.81. The number of hydrogen-bond donors (Lipinski definition) is 1. The third kappa shape index (κ3) is 5.98. The molecule has 0 saturated carbocycles. The highest BCUT2D eigenvalue weighted by atomic mass is 19.4. The Kier molecular flexibility index (Phi) is 8.74. The van der Waals surface area contributed by atoms with E-state index in [9.17, 15) is 17.6 Å². The molecule has 186 valence electrons. The Morgan fingerprint density at radius 1 is 1.12 bits per heavy atom. The highest BCUT2D eigenvalue weighted by Gasteiger charge is 2.47. The maximum atomic E-state index is 14.3. The van der Waals surface area contributed by atoms with E-state index < -0.39 is 29.2 Å². The third-order valence-electron chi connectivity index (χ3n) is 6.85. The van der Waals surface area contributed by atoms with E-state index in [2.05, 4.69) is 17.2 Å². The van der Waals surface area contributed by atoms with Crippen LogP contribution in [-0.4, -0.2) is 32.6 Å². The fourth-order valence-corrected chi connectivity index (χ4v) is 4.85. The van der Waals surface area contributed by atoms with Crippen LogP contribution >= 0.6 is 0 Å². The zero-order valence-electron chi connectivity index (χ0n) is 20.1. The summed E-state index contributed by atoms with van der Waals surface area (Å²) in [5.74, 6) is -2.06. The van der Waals surface area contributed by atoms with Crippen molar-refractivity contribution in [2.75, 3.05) is 20.2 Å². The Morgan fingerprint density at radius 2 is 1.85 bits per heavy atom. The molecule has 0 radical (unpaired) electrons. The molecule has 0 aliphatic carbocycles. The number of benzene rings is 2. The number of para-hydroxylation sites is 1. The van der Waals surface area contributed by atoms with E-state index in [4.69, 9.17) is 4.74 Å². The molecule has 0 amide bonds. The smallest absolute Gasteiger partial charge is 0.391 e. The number of ether oxygens (including phenoxy) is 1. The lowest BCUT2D eigenvalue weighted by atomic mass is 9.64. The van der Waals surface area contributed by atoms with Crippen LogP contribution in [0.1, 0.15) is 63.0 Å². The normalized spacial score (nSPS) is 20.7. The molecule has 3 nitrogen and oxygen atoms in total. The van der Waals surface area contributed by atoms with Crippen molar-refractivity contribution in [3.05, 3.63) is 59.4 Å². The van der Waals surface area contributed by atoms with Gasteiger partial charge in [-0.15, -0.1) is 0 Å². The van der Waals surface area contributed by atoms with E-state index in [-0.39, 0.29) is 12.8 Å². The molecule has 0 aromatic heterocycles. The summed E-state index contributed by atoms with van der Waals surface area (Å²) in [6, 6.07) is 11.4. The largest absolute Gasteiger partial charge is 0.496 e. The summed E-state index contributed by atoms with van der Waals surface area (Å²) in [5.41, 5.74) is 0.932. The highest BCUT2D eigenvalue weighted by molar-refractivity contribution is 5.83. The van der Waals surface area contributed by atoms with Gasteiger partial charge in [0.25, 0.3) is 0 Å².